The van der Waals surface area contributed by atoms with Crippen molar-refractivity contribution in [3.05, 3.63) is 42.1 Å². The number of hydrogen-bond acceptors (Lipinski definition) is 6. The number of nitrogen functional groups attached to an aromatic ring is 1. The number of carbonyl (C=O) groups is 1. The van der Waals surface area contributed by atoms with Gasteiger partial charge in [-0.25, -0.2) is 9.78 Å². The summed E-state index contributed by atoms with van der Waals surface area (Å²) in [5, 5.41) is 0. The van der Waals surface area contributed by atoms with Crippen LogP contribution in [0.5, 0.6) is 17.4 Å². The monoisotopic (exact) mass is 288 g/mol. The third-order valence-electron chi connectivity index (χ3n) is 2.63. The lowest BCUT2D eigenvalue weighted by Crippen LogP contribution is -2.06. The lowest BCUT2D eigenvalue weighted by molar-refractivity contribution is 0.0593. The summed E-state index contributed by atoms with van der Waals surface area (Å²) >= 11 is 0. The number of nitrogens with two attached hydrogens (primary N) is 1. The van der Waals surface area contributed by atoms with Gasteiger partial charge in [0.2, 0.25) is 5.88 Å². The molecule has 0 unspecified atom stereocenters. The molecule has 2 aromatic rings. The molecule has 110 valence electrons. The molecular formula is C15H16N2O4. The van der Waals surface area contributed by atoms with E-state index < -0.39 is 5.97 Å². The molecule has 0 radical (unpaired) electrons. The summed E-state index contributed by atoms with van der Waals surface area (Å²) in [6.07, 6.45) is 0. The van der Waals surface area contributed by atoms with Gasteiger partial charge in [0.25, 0.3) is 0 Å². The molecule has 0 fully saturated rings. The number of aromatic nitrogens is 1. The van der Waals surface area contributed by atoms with Crippen molar-refractivity contribution in [3.8, 4) is 17.4 Å². The largest absolute Gasteiger partial charge is 0.494 e. The highest BCUT2D eigenvalue weighted by Gasteiger charge is 2.12. The topological polar surface area (TPSA) is 83.7 Å². The molecule has 0 saturated heterocycles. The Morgan fingerprint density at radius 2 is 1.81 bits per heavy atom. The normalized spacial score (nSPS) is 10.0. The average molecular weight is 288 g/mol. The number of methoxy groups -OCH3 is 1. The molecular weight excluding hydrogens is 272 g/mol. The molecule has 0 amide bonds. The first-order valence-electron chi connectivity index (χ1n) is 6.39. The Morgan fingerprint density at radius 1 is 1.14 bits per heavy atom. The first-order valence-corrected chi connectivity index (χ1v) is 6.39. The minimum Gasteiger partial charge on any atom is -0.494 e. The second kappa shape index (κ2) is 6.60. The van der Waals surface area contributed by atoms with Crippen LogP contribution >= 0.6 is 0 Å². The van der Waals surface area contributed by atoms with E-state index in [0.717, 1.165) is 5.75 Å². The summed E-state index contributed by atoms with van der Waals surface area (Å²) in [7, 11) is 1.29. The number of rotatable bonds is 5. The van der Waals surface area contributed by atoms with Gasteiger partial charge in [-0.15, -0.1) is 0 Å². The van der Waals surface area contributed by atoms with Crippen molar-refractivity contribution >= 4 is 11.7 Å². The van der Waals surface area contributed by atoms with Gasteiger partial charge in [0.15, 0.2) is 5.69 Å². The molecule has 2 rings (SSSR count). The van der Waals surface area contributed by atoms with E-state index in [2.05, 4.69) is 9.72 Å². The summed E-state index contributed by atoms with van der Waals surface area (Å²) in [5.74, 6) is 0.891. The van der Waals surface area contributed by atoms with E-state index in [0.29, 0.717) is 18.0 Å². The van der Waals surface area contributed by atoms with Crippen molar-refractivity contribution in [1.29, 1.82) is 0 Å². The first kappa shape index (κ1) is 14.6. The van der Waals surface area contributed by atoms with Crippen LogP contribution in [0.1, 0.15) is 17.4 Å². The number of ether oxygens (including phenoxy) is 3. The molecule has 0 aliphatic carbocycles. The second-order valence-electron chi connectivity index (χ2n) is 4.09. The van der Waals surface area contributed by atoms with Gasteiger partial charge in [0.1, 0.15) is 11.5 Å². The standard InChI is InChI=1S/C15H16N2O4/c1-3-20-10-4-6-11(7-5-10)21-14-12(16)8-9-13(17-14)15(18)19-2/h4-9H,3,16H2,1-2H3. The maximum absolute atomic E-state index is 11.4. The van der Waals surface area contributed by atoms with Crippen LogP contribution in [-0.2, 0) is 4.74 Å². The van der Waals surface area contributed by atoms with E-state index in [1.807, 2.05) is 6.92 Å². The molecule has 1 aromatic carbocycles. The Morgan fingerprint density at radius 3 is 2.43 bits per heavy atom. The van der Waals surface area contributed by atoms with E-state index >= 15 is 0 Å². The smallest absolute Gasteiger partial charge is 0.356 e. The number of hydrogen-bond donors (Lipinski definition) is 1. The Kier molecular flexibility index (Phi) is 4.61. The predicted molar refractivity (Wildman–Crippen MR) is 77.7 cm³/mol. The lowest BCUT2D eigenvalue weighted by Gasteiger charge is -2.09. The Hall–Kier alpha value is -2.76. The van der Waals surface area contributed by atoms with E-state index in [1.54, 1.807) is 30.3 Å². The predicted octanol–water partition coefficient (Wildman–Crippen LogP) is 2.64. The summed E-state index contributed by atoms with van der Waals surface area (Å²) in [5.41, 5.74) is 6.25. The van der Waals surface area contributed by atoms with E-state index in [1.165, 1.54) is 13.2 Å². The number of anilines is 1. The molecule has 0 spiro atoms. The number of nitrogens with zero attached hydrogens (tertiary/aromatic N) is 1. The molecule has 0 bridgehead atoms. The third-order valence-corrected chi connectivity index (χ3v) is 2.63. The van der Waals surface area contributed by atoms with Crippen molar-refractivity contribution in [3.63, 3.8) is 0 Å². The zero-order chi connectivity index (χ0) is 15.2. The van der Waals surface area contributed by atoms with Crippen LogP contribution < -0.4 is 15.2 Å². The van der Waals surface area contributed by atoms with Crippen molar-refractivity contribution in [2.75, 3.05) is 19.5 Å². The SMILES string of the molecule is CCOc1ccc(Oc2nc(C(=O)OC)ccc2N)cc1. The molecule has 6 heteroatoms. The van der Waals surface area contributed by atoms with Crippen LogP contribution in [0.25, 0.3) is 0 Å². The molecule has 1 aromatic heterocycles. The fourth-order valence-corrected chi connectivity index (χ4v) is 1.63. The Bertz CT molecular complexity index is 626. The van der Waals surface area contributed by atoms with Gasteiger partial charge in [0.05, 0.1) is 19.4 Å². The van der Waals surface area contributed by atoms with Crippen LogP contribution in [0.2, 0.25) is 0 Å². The first-order chi connectivity index (χ1) is 10.1. The van der Waals surface area contributed by atoms with Crippen molar-refractivity contribution < 1.29 is 19.0 Å². The molecule has 0 aliphatic heterocycles. The minimum atomic E-state index is -0.549. The van der Waals surface area contributed by atoms with Gasteiger partial charge in [-0.3, -0.25) is 0 Å². The van der Waals surface area contributed by atoms with Crippen LogP contribution in [0.3, 0.4) is 0 Å². The summed E-state index contributed by atoms with van der Waals surface area (Å²) in [6.45, 7) is 2.50. The Labute approximate surface area is 122 Å². The molecule has 21 heavy (non-hydrogen) atoms. The van der Waals surface area contributed by atoms with Crippen LogP contribution in [0.15, 0.2) is 36.4 Å². The second-order valence-corrected chi connectivity index (χ2v) is 4.09. The van der Waals surface area contributed by atoms with Crippen molar-refractivity contribution in [2.45, 2.75) is 6.92 Å². The maximum atomic E-state index is 11.4. The molecule has 0 saturated carbocycles. The summed E-state index contributed by atoms with van der Waals surface area (Å²) in [6, 6.07) is 10.0. The molecule has 6 nitrogen and oxygen atoms in total. The van der Waals surface area contributed by atoms with Gasteiger partial charge < -0.3 is 19.9 Å². The van der Waals surface area contributed by atoms with Gasteiger partial charge in [-0.1, -0.05) is 0 Å². The fraction of sp³-hybridized carbons (Fsp3) is 0.200. The summed E-state index contributed by atoms with van der Waals surface area (Å²) in [4.78, 5) is 15.5. The highest BCUT2D eigenvalue weighted by molar-refractivity contribution is 5.87. The quantitative estimate of drug-likeness (QED) is 0.851. The third kappa shape index (κ3) is 3.62. The zero-order valence-corrected chi connectivity index (χ0v) is 11.8. The van der Waals surface area contributed by atoms with E-state index in [4.69, 9.17) is 15.2 Å². The van der Waals surface area contributed by atoms with Crippen LogP contribution in [0, 0.1) is 0 Å². The van der Waals surface area contributed by atoms with E-state index in [9.17, 15) is 4.79 Å². The van der Waals surface area contributed by atoms with Crippen molar-refractivity contribution in [1.82, 2.24) is 4.98 Å². The fourth-order valence-electron chi connectivity index (χ4n) is 1.63. The zero-order valence-electron chi connectivity index (χ0n) is 11.8. The van der Waals surface area contributed by atoms with Crippen LogP contribution in [-0.4, -0.2) is 24.7 Å². The van der Waals surface area contributed by atoms with Gasteiger partial charge in [-0.05, 0) is 43.3 Å². The molecule has 1 heterocycles. The lowest BCUT2D eigenvalue weighted by atomic mass is 10.3. The van der Waals surface area contributed by atoms with Gasteiger partial charge in [-0.2, -0.15) is 0 Å². The van der Waals surface area contributed by atoms with Gasteiger partial charge >= 0.3 is 5.97 Å². The summed E-state index contributed by atoms with van der Waals surface area (Å²) < 4.78 is 15.5. The maximum Gasteiger partial charge on any atom is 0.356 e. The van der Waals surface area contributed by atoms with E-state index in [-0.39, 0.29) is 11.6 Å². The Balaban J connectivity index is 2.20. The number of esters is 1. The molecule has 2 N–H and O–H groups in total. The van der Waals surface area contributed by atoms with Crippen molar-refractivity contribution in [2.24, 2.45) is 0 Å². The molecule has 0 atom stereocenters. The van der Waals surface area contributed by atoms with Gasteiger partial charge in [0, 0.05) is 0 Å². The number of benzene rings is 1. The number of pyridine rings is 1. The minimum absolute atomic E-state index is 0.132. The highest BCUT2D eigenvalue weighted by atomic mass is 16.5. The number of carbonyl (C=O) groups excluding carboxylic acids is 1. The average Bonchev–Trinajstić information content (AvgIpc) is 2.51. The van der Waals surface area contributed by atoms with Crippen LogP contribution in [0.4, 0.5) is 5.69 Å². The molecule has 0 aliphatic rings. The highest BCUT2D eigenvalue weighted by Crippen LogP contribution is 2.27.